The van der Waals surface area contributed by atoms with Crippen LogP contribution in [0.15, 0.2) is 59.1 Å². The highest BCUT2D eigenvalue weighted by molar-refractivity contribution is 9.10. The van der Waals surface area contributed by atoms with Crippen LogP contribution in [0.1, 0.15) is 23.5 Å². The Morgan fingerprint density at radius 1 is 1.12 bits per heavy atom. The van der Waals surface area contributed by atoms with E-state index in [2.05, 4.69) is 40.2 Å². The summed E-state index contributed by atoms with van der Waals surface area (Å²) < 4.78 is 6.60. The molecule has 0 unspecified atom stereocenters. The number of hydrogen-bond donors (Lipinski definition) is 0. The third kappa shape index (κ3) is 3.07. The van der Waals surface area contributed by atoms with Crippen molar-refractivity contribution in [1.82, 2.24) is 4.90 Å². The Balaban J connectivity index is 1.34. The van der Waals surface area contributed by atoms with Gasteiger partial charge in [0, 0.05) is 17.6 Å². The Labute approximate surface area is 150 Å². The molecule has 1 aliphatic heterocycles. The SMILES string of the molecule is O=C(OCc1ccccc1)N1C[C@H]2C[C@H](c3cccc(Br)c3)[C@H]2C1. The largest absolute Gasteiger partial charge is 0.445 e. The minimum Gasteiger partial charge on any atom is -0.445 e. The quantitative estimate of drug-likeness (QED) is 0.757. The fraction of sp³-hybridized carbons (Fsp3) is 0.350. The lowest BCUT2D eigenvalue weighted by atomic mass is 9.64. The van der Waals surface area contributed by atoms with E-state index in [1.807, 2.05) is 35.2 Å². The Morgan fingerprint density at radius 3 is 2.75 bits per heavy atom. The smallest absolute Gasteiger partial charge is 0.410 e. The van der Waals surface area contributed by atoms with Crippen molar-refractivity contribution in [2.75, 3.05) is 13.1 Å². The third-order valence-corrected chi connectivity index (χ3v) is 5.80. The highest BCUT2D eigenvalue weighted by atomic mass is 79.9. The number of ether oxygens (including phenoxy) is 1. The number of carbonyl (C=O) groups excluding carboxylic acids is 1. The molecule has 2 aliphatic rings. The Morgan fingerprint density at radius 2 is 1.96 bits per heavy atom. The van der Waals surface area contributed by atoms with Gasteiger partial charge in [-0.1, -0.05) is 58.4 Å². The van der Waals surface area contributed by atoms with Crippen molar-refractivity contribution in [2.24, 2.45) is 11.8 Å². The number of benzene rings is 2. The topological polar surface area (TPSA) is 29.5 Å². The highest BCUT2D eigenvalue weighted by Gasteiger charge is 2.49. The van der Waals surface area contributed by atoms with E-state index >= 15 is 0 Å². The van der Waals surface area contributed by atoms with Crippen LogP contribution in [0.25, 0.3) is 0 Å². The second kappa shape index (κ2) is 6.60. The summed E-state index contributed by atoms with van der Waals surface area (Å²) in [6.45, 7) is 2.00. The number of nitrogens with zero attached hydrogens (tertiary/aromatic N) is 1. The second-order valence-electron chi connectivity index (χ2n) is 6.77. The van der Waals surface area contributed by atoms with Gasteiger partial charge in [-0.15, -0.1) is 0 Å². The molecule has 2 aromatic carbocycles. The van der Waals surface area contributed by atoms with Crippen LogP contribution in [0.2, 0.25) is 0 Å². The maximum Gasteiger partial charge on any atom is 0.410 e. The molecule has 0 spiro atoms. The van der Waals surface area contributed by atoms with E-state index in [0.29, 0.717) is 24.4 Å². The average Bonchev–Trinajstić information content (AvgIpc) is 2.91. The standard InChI is InChI=1S/C20H20BrNO2/c21-17-8-4-7-15(9-17)18-10-16-11-22(12-19(16)18)20(23)24-13-14-5-2-1-3-6-14/h1-9,16,18-19H,10-13H2/t16-,18-,19+/m1/s1. The first kappa shape index (κ1) is 15.7. The summed E-state index contributed by atoms with van der Waals surface area (Å²) in [7, 11) is 0. The third-order valence-electron chi connectivity index (χ3n) is 5.31. The molecule has 0 radical (unpaired) electrons. The van der Waals surface area contributed by atoms with E-state index in [0.717, 1.165) is 23.1 Å². The van der Waals surface area contributed by atoms with Crippen molar-refractivity contribution in [3.05, 3.63) is 70.2 Å². The first-order valence-electron chi connectivity index (χ1n) is 8.42. The monoisotopic (exact) mass is 385 g/mol. The summed E-state index contributed by atoms with van der Waals surface area (Å²) >= 11 is 3.55. The molecule has 3 nitrogen and oxygen atoms in total. The van der Waals surface area contributed by atoms with Crippen LogP contribution in [-0.4, -0.2) is 24.1 Å². The molecule has 3 atom stereocenters. The van der Waals surface area contributed by atoms with Gasteiger partial charge in [0.15, 0.2) is 0 Å². The average molecular weight is 386 g/mol. The van der Waals surface area contributed by atoms with Gasteiger partial charge in [0.1, 0.15) is 6.61 Å². The molecule has 4 rings (SSSR count). The van der Waals surface area contributed by atoms with Gasteiger partial charge in [0.05, 0.1) is 0 Å². The number of fused-ring (bicyclic) bond motifs is 1. The van der Waals surface area contributed by atoms with E-state index in [4.69, 9.17) is 4.74 Å². The molecule has 1 heterocycles. The second-order valence-corrected chi connectivity index (χ2v) is 7.68. The molecule has 1 aliphatic carbocycles. The molecule has 1 saturated carbocycles. The number of likely N-dealkylation sites (tertiary alicyclic amines) is 1. The summed E-state index contributed by atoms with van der Waals surface area (Å²) in [5.74, 6) is 1.77. The predicted molar refractivity (Wildman–Crippen MR) is 96.7 cm³/mol. The van der Waals surface area contributed by atoms with Crippen molar-refractivity contribution in [3.8, 4) is 0 Å². The first-order valence-corrected chi connectivity index (χ1v) is 9.21. The normalized spacial score (nSPS) is 25.0. The van der Waals surface area contributed by atoms with Crippen molar-refractivity contribution >= 4 is 22.0 Å². The van der Waals surface area contributed by atoms with E-state index in [1.165, 1.54) is 12.0 Å². The zero-order valence-electron chi connectivity index (χ0n) is 13.4. The lowest BCUT2D eigenvalue weighted by Crippen LogP contribution is -2.33. The number of amides is 1. The van der Waals surface area contributed by atoms with Gasteiger partial charge in [-0.2, -0.15) is 0 Å². The van der Waals surface area contributed by atoms with Crippen LogP contribution in [0.4, 0.5) is 4.79 Å². The minimum atomic E-state index is -0.179. The van der Waals surface area contributed by atoms with Gasteiger partial charge in [0.25, 0.3) is 0 Å². The van der Waals surface area contributed by atoms with E-state index in [-0.39, 0.29) is 6.09 Å². The number of halogens is 1. The Hall–Kier alpha value is -1.81. The van der Waals surface area contributed by atoms with Crippen molar-refractivity contribution < 1.29 is 9.53 Å². The summed E-state index contributed by atoms with van der Waals surface area (Å²) in [5, 5.41) is 0. The highest BCUT2D eigenvalue weighted by Crippen LogP contribution is 2.51. The van der Waals surface area contributed by atoms with E-state index in [1.54, 1.807) is 0 Å². The predicted octanol–water partition coefficient (Wildman–Crippen LogP) is 4.82. The molecule has 124 valence electrons. The maximum absolute atomic E-state index is 12.3. The van der Waals surface area contributed by atoms with Crippen molar-refractivity contribution in [3.63, 3.8) is 0 Å². The van der Waals surface area contributed by atoms with Gasteiger partial charge in [-0.05, 0) is 47.4 Å². The van der Waals surface area contributed by atoms with Gasteiger partial charge in [0.2, 0.25) is 0 Å². The summed E-state index contributed by atoms with van der Waals surface area (Å²) in [4.78, 5) is 14.2. The van der Waals surface area contributed by atoms with E-state index < -0.39 is 0 Å². The molecule has 0 N–H and O–H groups in total. The number of hydrogen-bond acceptors (Lipinski definition) is 2. The molecule has 2 aromatic rings. The zero-order chi connectivity index (χ0) is 16.5. The molecular formula is C20H20BrNO2. The first-order chi connectivity index (χ1) is 11.7. The summed E-state index contributed by atoms with van der Waals surface area (Å²) in [6.07, 6.45) is 0.991. The maximum atomic E-state index is 12.3. The minimum absolute atomic E-state index is 0.179. The van der Waals surface area contributed by atoms with Gasteiger partial charge < -0.3 is 9.64 Å². The summed E-state index contributed by atoms with van der Waals surface area (Å²) in [6, 6.07) is 18.4. The molecule has 1 amide bonds. The van der Waals surface area contributed by atoms with Crippen LogP contribution in [0.3, 0.4) is 0 Å². The summed E-state index contributed by atoms with van der Waals surface area (Å²) in [5.41, 5.74) is 2.41. The molecule has 24 heavy (non-hydrogen) atoms. The van der Waals surface area contributed by atoms with Gasteiger partial charge >= 0.3 is 6.09 Å². The zero-order valence-corrected chi connectivity index (χ0v) is 15.0. The van der Waals surface area contributed by atoms with Crippen molar-refractivity contribution in [1.29, 1.82) is 0 Å². The van der Waals surface area contributed by atoms with Gasteiger partial charge in [-0.3, -0.25) is 0 Å². The van der Waals surface area contributed by atoms with Crippen LogP contribution in [-0.2, 0) is 11.3 Å². The lowest BCUT2D eigenvalue weighted by Gasteiger charge is -2.39. The van der Waals surface area contributed by atoms with Crippen LogP contribution in [0.5, 0.6) is 0 Å². The molecule has 0 bridgehead atoms. The molecule has 4 heteroatoms. The van der Waals surface area contributed by atoms with E-state index in [9.17, 15) is 4.79 Å². The molecular weight excluding hydrogens is 366 g/mol. The van der Waals surface area contributed by atoms with Crippen molar-refractivity contribution in [2.45, 2.75) is 18.9 Å². The molecule has 2 fully saturated rings. The van der Waals surface area contributed by atoms with Gasteiger partial charge in [-0.25, -0.2) is 4.79 Å². The Kier molecular flexibility index (Phi) is 4.31. The lowest BCUT2D eigenvalue weighted by molar-refractivity contribution is 0.103. The fourth-order valence-electron chi connectivity index (χ4n) is 3.99. The number of rotatable bonds is 3. The Bertz CT molecular complexity index is 733. The molecule has 1 saturated heterocycles. The van der Waals surface area contributed by atoms with Crippen LogP contribution < -0.4 is 0 Å². The number of carbonyl (C=O) groups is 1. The fourth-order valence-corrected chi connectivity index (χ4v) is 4.40. The van der Waals surface area contributed by atoms with Crippen LogP contribution in [0, 0.1) is 11.8 Å². The molecule has 0 aromatic heterocycles. The van der Waals surface area contributed by atoms with Crippen LogP contribution >= 0.6 is 15.9 Å².